The number of esters is 1. The van der Waals surface area contributed by atoms with Gasteiger partial charge in [-0.15, -0.1) is 11.8 Å². The summed E-state index contributed by atoms with van der Waals surface area (Å²) in [5.41, 5.74) is 0.785. The molecular formula is C14H14N2O3S. The molecule has 1 heterocycles. The van der Waals surface area contributed by atoms with Gasteiger partial charge in [-0.25, -0.2) is 9.78 Å². The number of ether oxygens (including phenoxy) is 1. The minimum absolute atomic E-state index is 0.0130. The van der Waals surface area contributed by atoms with E-state index in [-0.39, 0.29) is 18.1 Å². The van der Waals surface area contributed by atoms with Crippen LogP contribution in [0.5, 0.6) is 5.88 Å². The Hall–Kier alpha value is -2.08. The third-order valence-electron chi connectivity index (χ3n) is 2.56. The average Bonchev–Trinajstić information content (AvgIpc) is 2.47. The summed E-state index contributed by atoms with van der Waals surface area (Å²) in [5, 5.41) is 10.4. The van der Waals surface area contributed by atoms with Crippen LogP contribution in [0.25, 0.3) is 11.4 Å². The highest BCUT2D eigenvalue weighted by molar-refractivity contribution is 7.98. The molecule has 0 aliphatic carbocycles. The number of rotatable bonds is 4. The third-order valence-corrected chi connectivity index (χ3v) is 3.24. The highest BCUT2D eigenvalue weighted by atomic mass is 32.2. The van der Waals surface area contributed by atoms with E-state index in [0.29, 0.717) is 10.9 Å². The molecule has 0 unspecified atom stereocenters. The zero-order chi connectivity index (χ0) is 14.5. The van der Waals surface area contributed by atoms with Crippen LogP contribution in [0.15, 0.2) is 35.4 Å². The number of thioether (sulfide) groups is 1. The number of carbonyl (C=O) groups excluding carboxylic acids is 1. The summed E-state index contributed by atoms with van der Waals surface area (Å²) in [6.07, 6.45) is 1.78. The van der Waals surface area contributed by atoms with Crippen molar-refractivity contribution in [3.05, 3.63) is 35.9 Å². The van der Waals surface area contributed by atoms with E-state index in [9.17, 15) is 9.90 Å². The summed E-state index contributed by atoms with van der Waals surface area (Å²) in [7, 11) is 0. The first-order chi connectivity index (χ1) is 9.67. The molecule has 6 heteroatoms. The van der Waals surface area contributed by atoms with Gasteiger partial charge in [-0.1, -0.05) is 30.3 Å². The molecule has 2 aromatic rings. The SMILES string of the molecule is CCOC(=O)c1c(O)nc(-c2ccccc2)nc1SC. The van der Waals surface area contributed by atoms with Gasteiger partial charge in [-0.3, -0.25) is 0 Å². The van der Waals surface area contributed by atoms with Crippen LogP contribution in [-0.4, -0.2) is 33.9 Å². The first kappa shape index (κ1) is 14.3. The summed E-state index contributed by atoms with van der Waals surface area (Å²) < 4.78 is 4.90. The fourth-order valence-corrected chi connectivity index (χ4v) is 2.23. The van der Waals surface area contributed by atoms with Crippen molar-refractivity contribution >= 4 is 17.7 Å². The van der Waals surface area contributed by atoms with Crippen LogP contribution in [-0.2, 0) is 4.74 Å². The van der Waals surface area contributed by atoms with Gasteiger partial charge in [-0.2, -0.15) is 4.98 Å². The minimum Gasteiger partial charge on any atom is -0.493 e. The van der Waals surface area contributed by atoms with Gasteiger partial charge in [0.05, 0.1) is 6.61 Å². The highest BCUT2D eigenvalue weighted by Gasteiger charge is 2.22. The molecule has 104 valence electrons. The summed E-state index contributed by atoms with van der Waals surface area (Å²) in [5.74, 6) is -0.601. The number of carbonyl (C=O) groups is 1. The van der Waals surface area contributed by atoms with Gasteiger partial charge in [0.2, 0.25) is 5.88 Å². The Kier molecular flexibility index (Phi) is 4.57. The van der Waals surface area contributed by atoms with Gasteiger partial charge >= 0.3 is 5.97 Å². The first-order valence-corrected chi connectivity index (χ1v) is 7.27. The molecule has 0 aliphatic rings. The Morgan fingerprint density at radius 3 is 2.60 bits per heavy atom. The fraction of sp³-hybridized carbons (Fsp3) is 0.214. The van der Waals surface area contributed by atoms with Gasteiger partial charge in [-0.05, 0) is 13.2 Å². The lowest BCUT2D eigenvalue weighted by Crippen LogP contribution is -2.09. The van der Waals surface area contributed by atoms with Crippen molar-refractivity contribution in [2.45, 2.75) is 11.9 Å². The van der Waals surface area contributed by atoms with Gasteiger partial charge in [0.15, 0.2) is 11.4 Å². The molecule has 0 fully saturated rings. The molecule has 0 amide bonds. The molecule has 5 nitrogen and oxygen atoms in total. The molecular weight excluding hydrogens is 276 g/mol. The fourth-order valence-electron chi connectivity index (χ4n) is 1.67. The maximum atomic E-state index is 11.8. The van der Waals surface area contributed by atoms with Crippen LogP contribution in [0.3, 0.4) is 0 Å². The largest absolute Gasteiger partial charge is 0.493 e. The van der Waals surface area contributed by atoms with Crippen molar-refractivity contribution in [3.8, 4) is 17.3 Å². The van der Waals surface area contributed by atoms with Crippen LogP contribution < -0.4 is 0 Å². The zero-order valence-corrected chi connectivity index (χ0v) is 12.0. The van der Waals surface area contributed by atoms with Crippen molar-refractivity contribution in [3.63, 3.8) is 0 Å². The minimum atomic E-state index is -0.617. The Bertz CT molecular complexity index is 617. The monoisotopic (exact) mass is 290 g/mol. The van der Waals surface area contributed by atoms with E-state index in [1.165, 1.54) is 11.8 Å². The van der Waals surface area contributed by atoms with E-state index in [1.807, 2.05) is 30.3 Å². The normalized spacial score (nSPS) is 10.3. The molecule has 1 N–H and O–H groups in total. The smallest absolute Gasteiger partial charge is 0.346 e. The molecule has 0 bridgehead atoms. The van der Waals surface area contributed by atoms with Crippen molar-refractivity contribution in [1.29, 1.82) is 0 Å². The number of aromatic hydroxyl groups is 1. The molecule has 2 rings (SSSR count). The molecule has 1 aromatic heterocycles. The maximum Gasteiger partial charge on any atom is 0.346 e. The van der Waals surface area contributed by atoms with E-state index in [1.54, 1.807) is 13.2 Å². The van der Waals surface area contributed by atoms with Gasteiger partial charge < -0.3 is 9.84 Å². The zero-order valence-electron chi connectivity index (χ0n) is 11.2. The number of benzene rings is 1. The molecule has 20 heavy (non-hydrogen) atoms. The van der Waals surface area contributed by atoms with Crippen molar-refractivity contribution in [2.24, 2.45) is 0 Å². The van der Waals surface area contributed by atoms with E-state index < -0.39 is 5.97 Å². The number of hydrogen-bond donors (Lipinski definition) is 1. The number of nitrogens with zero attached hydrogens (tertiary/aromatic N) is 2. The van der Waals surface area contributed by atoms with Gasteiger partial charge in [0.25, 0.3) is 0 Å². The molecule has 0 aliphatic heterocycles. The topological polar surface area (TPSA) is 72.3 Å². The lowest BCUT2D eigenvalue weighted by molar-refractivity contribution is 0.0517. The average molecular weight is 290 g/mol. The van der Waals surface area contributed by atoms with E-state index in [4.69, 9.17) is 4.74 Å². The van der Waals surface area contributed by atoms with E-state index >= 15 is 0 Å². The molecule has 0 saturated heterocycles. The van der Waals surface area contributed by atoms with E-state index in [0.717, 1.165) is 5.56 Å². The van der Waals surface area contributed by atoms with Crippen LogP contribution >= 0.6 is 11.8 Å². The molecule has 0 atom stereocenters. The number of aromatic nitrogens is 2. The second-order valence-electron chi connectivity index (χ2n) is 3.84. The van der Waals surface area contributed by atoms with Gasteiger partial charge in [0.1, 0.15) is 5.03 Å². The predicted octanol–water partition coefficient (Wildman–Crippen LogP) is 2.75. The van der Waals surface area contributed by atoms with Crippen LogP contribution in [0, 0.1) is 0 Å². The summed E-state index contributed by atoms with van der Waals surface area (Å²) in [4.78, 5) is 20.1. The van der Waals surface area contributed by atoms with Crippen molar-refractivity contribution in [2.75, 3.05) is 12.9 Å². The Morgan fingerprint density at radius 2 is 2.00 bits per heavy atom. The Morgan fingerprint density at radius 1 is 1.30 bits per heavy atom. The Balaban J connectivity index is 2.51. The summed E-state index contributed by atoms with van der Waals surface area (Å²) in [6, 6.07) is 9.26. The molecule has 0 spiro atoms. The number of hydrogen-bond acceptors (Lipinski definition) is 6. The highest BCUT2D eigenvalue weighted by Crippen LogP contribution is 2.29. The maximum absolute atomic E-state index is 11.8. The van der Waals surface area contributed by atoms with Crippen LogP contribution in [0.2, 0.25) is 0 Å². The Labute approximate surface area is 121 Å². The first-order valence-electron chi connectivity index (χ1n) is 6.05. The second-order valence-corrected chi connectivity index (χ2v) is 4.64. The van der Waals surface area contributed by atoms with Crippen LogP contribution in [0.4, 0.5) is 0 Å². The van der Waals surface area contributed by atoms with Gasteiger partial charge in [0, 0.05) is 5.56 Å². The summed E-state index contributed by atoms with van der Waals surface area (Å²) in [6.45, 7) is 1.93. The molecule has 0 radical (unpaired) electrons. The summed E-state index contributed by atoms with van der Waals surface area (Å²) >= 11 is 1.26. The standard InChI is InChI=1S/C14H14N2O3S/c1-3-19-14(18)10-12(17)15-11(16-13(10)20-2)9-7-5-4-6-8-9/h4-8H,3H2,1-2H3,(H,15,16,17). The second kappa shape index (κ2) is 6.38. The van der Waals surface area contributed by atoms with E-state index in [2.05, 4.69) is 9.97 Å². The lowest BCUT2D eigenvalue weighted by Gasteiger charge is -2.09. The van der Waals surface area contributed by atoms with Crippen LogP contribution in [0.1, 0.15) is 17.3 Å². The van der Waals surface area contributed by atoms with Crippen molar-refractivity contribution in [1.82, 2.24) is 9.97 Å². The molecule has 1 aromatic carbocycles. The quantitative estimate of drug-likeness (QED) is 0.530. The molecule has 0 saturated carbocycles. The lowest BCUT2D eigenvalue weighted by atomic mass is 10.2. The van der Waals surface area contributed by atoms with Crippen molar-refractivity contribution < 1.29 is 14.6 Å². The predicted molar refractivity (Wildman–Crippen MR) is 76.9 cm³/mol. The third kappa shape index (κ3) is 2.91.